The van der Waals surface area contributed by atoms with Crippen molar-refractivity contribution < 1.29 is 4.79 Å². The first-order valence-electron chi connectivity index (χ1n) is 6.63. The molecule has 0 heterocycles. The van der Waals surface area contributed by atoms with Gasteiger partial charge >= 0.3 is 0 Å². The first-order chi connectivity index (χ1) is 8.59. The zero-order chi connectivity index (χ0) is 13.1. The van der Waals surface area contributed by atoms with Gasteiger partial charge in [-0.25, -0.2) is 0 Å². The van der Waals surface area contributed by atoms with E-state index in [0.29, 0.717) is 6.04 Å². The van der Waals surface area contributed by atoms with Crippen molar-refractivity contribution in [1.82, 2.24) is 4.90 Å². The Bertz CT molecular complexity index is 438. The van der Waals surface area contributed by atoms with E-state index in [4.69, 9.17) is 0 Å². The van der Waals surface area contributed by atoms with E-state index < -0.39 is 0 Å². The molecule has 0 unspecified atom stereocenters. The van der Waals surface area contributed by atoms with Gasteiger partial charge < -0.3 is 4.90 Å². The minimum Gasteiger partial charge on any atom is -0.339 e. The van der Waals surface area contributed by atoms with Crippen LogP contribution in [-0.4, -0.2) is 23.9 Å². The van der Waals surface area contributed by atoms with Crippen molar-refractivity contribution in [2.75, 3.05) is 7.05 Å². The van der Waals surface area contributed by atoms with Gasteiger partial charge in [-0.15, -0.1) is 0 Å². The van der Waals surface area contributed by atoms with Crippen molar-refractivity contribution >= 4 is 21.8 Å². The van der Waals surface area contributed by atoms with Gasteiger partial charge in [-0.2, -0.15) is 0 Å². The second-order valence-electron chi connectivity index (χ2n) is 5.19. The van der Waals surface area contributed by atoms with Crippen molar-refractivity contribution in [1.29, 1.82) is 0 Å². The summed E-state index contributed by atoms with van der Waals surface area (Å²) in [6.07, 6.45) is 6.10. The number of nitrogens with zero attached hydrogens (tertiary/aromatic N) is 1. The van der Waals surface area contributed by atoms with E-state index in [1.165, 1.54) is 24.8 Å². The second-order valence-corrected chi connectivity index (χ2v) is 6.05. The summed E-state index contributed by atoms with van der Waals surface area (Å²) < 4.78 is 0.898. The number of benzene rings is 1. The molecule has 0 radical (unpaired) electrons. The van der Waals surface area contributed by atoms with E-state index in [1.807, 2.05) is 37.1 Å². The van der Waals surface area contributed by atoms with Crippen LogP contribution in [0.15, 0.2) is 22.7 Å². The van der Waals surface area contributed by atoms with Gasteiger partial charge in [0.05, 0.1) is 5.56 Å². The molecule has 1 aromatic rings. The maximum Gasteiger partial charge on any atom is 0.254 e. The van der Waals surface area contributed by atoms with Gasteiger partial charge in [0.1, 0.15) is 0 Å². The summed E-state index contributed by atoms with van der Waals surface area (Å²) in [6, 6.07) is 6.33. The molecule has 0 aromatic heterocycles. The number of aryl methyl sites for hydroxylation is 1. The molecule has 0 spiro atoms. The van der Waals surface area contributed by atoms with Gasteiger partial charge in [0.25, 0.3) is 5.91 Å². The number of hydrogen-bond donors (Lipinski definition) is 0. The molecule has 1 fully saturated rings. The summed E-state index contributed by atoms with van der Waals surface area (Å²) in [4.78, 5) is 14.4. The Labute approximate surface area is 117 Å². The van der Waals surface area contributed by atoms with Gasteiger partial charge in [-0.3, -0.25) is 4.79 Å². The maximum atomic E-state index is 12.5. The second kappa shape index (κ2) is 5.87. The molecule has 18 heavy (non-hydrogen) atoms. The highest BCUT2D eigenvalue weighted by Gasteiger charge is 2.23. The van der Waals surface area contributed by atoms with E-state index in [1.54, 1.807) is 0 Å². The zero-order valence-corrected chi connectivity index (χ0v) is 12.7. The lowest BCUT2D eigenvalue weighted by atomic mass is 9.94. The predicted molar refractivity (Wildman–Crippen MR) is 77.8 cm³/mol. The molecule has 2 rings (SSSR count). The first-order valence-corrected chi connectivity index (χ1v) is 7.42. The number of amides is 1. The topological polar surface area (TPSA) is 20.3 Å². The minimum atomic E-state index is 0.133. The molecule has 0 N–H and O–H groups in total. The van der Waals surface area contributed by atoms with Gasteiger partial charge in [0.2, 0.25) is 0 Å². The van der Waals surface area contributed by atoms with Crippen LogP contribution in [0.5, 0.6) is 0 Å². The first kappa shape index (κ1) is 13.6. The molecule has 1 amide bonds. The van der Waals surface area contributed by atoms with E-state index >= 15 is 0 Å². The molecule has 2 nitrogen and oxygen atoms in total. The van der Waals surface area contributed by atoms with Crippen LogP contribution in [0, 0.1) is 6.92 Å². The van der Waals surface area contributed by atoms with Crippen molar-refractivity contribution in [3.8, 4) is 0 Å². The molecule has 1 aliphatic rings. The smallest absolute Gasteiger partial charge is 0.254 e. The van der Waals surface area contributed by atoms with Crippen molar-refractivity contribution in [2.24, 2.45) is 0 Å². The van der Waals surface area contributed by atoms with Crippen LogP contribution in [0.25, 0.3) is 0 Å². The highest BCUT2D eigenvalue weighted by molar-refractivity contribution is 9.10. The lowest BCUT2D eigenvalue weighted by molar-refractivity contribution is 0.0695. The Morgan fingerprint density at radius 1 is 1.28 bits per heavy atom. The summed E-state index contributed by atoms with van der Waals surface area (Å²) >= 11 is 3.49. The van der Waals surface area contributed by atoms with Crippen LogP contribution in [0.1, 0.15) is 48.0 Å². The average Bonchev–Trinajstić information content (AvgIpc) is 2.38. The third kappa shape index (κ3) is 2.94. The molecular formula is C15H20BrNO. The largest absolute Gasteiger partial charge is 0.339 e. The van der Waals surface area contributed by atoms with Crippen LogP contribution in [0.2, 0.25) is 0 Å². The fourth-order valence-corrected chi connectivity index (χ4v) is 3.28. The number of hydrogen-bond acceptors (Lipinski definition) is 1. The van der Waals surface area contributed by atoms with Crippen LogP contribution in [0.4, 0.5) is 0 Å². The summed E-state index contributed by atoms with van der Waals surface area (Å²) in [5.74, 6) is 0.133. The average molecular weight is 310 g/mol. The van der Waals surface area contributed by atoms with E-state index in [2.05, 4.69) is 15.9 Å². The fourth-order valence-electron chi connectivity index (χ4n) is 2.62. The Morgan fingerprint density at radius 3 is 2.56 bits per heavy atom. The molecule has 0 saturated heterocycles. The van der Waals surface area contributed by atoms with Gasteiger partial charge in [-0.05, 0) is 53.4 Å². The number of carbonyl (C=O) groups is 1. The molecule has 0 bridgehead atoms. The lowest BCUT2D eigenvalue weighted by Crippen LogP contribution is -2.38. The van der Waals surface area contributed by atoms with Crippen LogP contribution in [0.3, 0.4) is 0 Å². The van der Waals surface area contributed by atoms with Gasteiger partial charge in [0, 0.05) is 17.6 Å². The van der Waals surface area contributed by atoms with E-state index in [0.717, 1.165) is 22.9 Å². The molecular weight excluding hydrogens is 290 g/mol. The van der Waals surface area contributed by atoms with Gasteiger partial charge in [-0.1, -0.05) is 25.3 Å². The quantitative estimate of drug-likeness (QED) is 0.803. The molecule has 1 saturated carbocycles. The van der Waals surface area contributed by atoms with Crippen LogP contribution in [-0.2, 0) is 0 Å². The minimum absolute atomic E-state index is 0.133. The highest BCUT2D eigenvalue weighted by Crippen LogP contribution is 2.25. The van der Waals surface area contributed by atoms with Crippen molar-refractivity contribution in [3.05, 3.63) is 33.8 Å². The summed E-state index contributed by atoms with van der Waals surface area (Å²) in [5.41, 5.74) is 1.94. The fraction of sp³-hybridized carbons (Fsp3) is 0.533. The molecule has 98 valence electrons. The van der Waals surface area contributed by atoms with E-state index in [9.17, 15) is 4.79 Å². The monoisotopic (exact) mass is 309 g/mol. The Hall–Kier alpha value is -0.830. The highest BCUT2D eigenvalue weighted by atomic mass is 79.9. The number of halogens is 1. The Balaban J connectivity index is 2.14. The third-order valence-electron chi connectivity index (χ3n) is 3.80. The Morgan fingerprint density at radius 2 is 1.94 bits per heavy atom. The van der Waals surface area contributed by atoms with Crippen molar-refractivity contribution in [2.45, 2.75) is 45.1 Å². The van der Waals surface area contributed by atoms with Gasteiger partial charge in [0.15, 0.2) is 0 Å². The predicted octanol–water partition coefficient (Wildman–Crippen LogP) is 4.16. The number of carbonyl (C=O) groups excluding carboxylic acids is 1. The standard InChI is InChI=1S/C15H20BrNO/c1-11-8-9-13(14(16)10-11)15(18)17(2)12-6-4-3-5-7-12/h8-10,12H,3-7H2,1-2H3. The summed E-state index contributed by atoms with van der Waals surface area (Å²) in [5, 5.41) is 0. The molecule has 1 aliphatic carbocycles. The normalized spacial score (nSPS) is 16.6. The molecule has 1 aromatic carbocycles. The van der Waals surface area contributed by atoms with Crippen LogP contribution >= 0.6 is 15.9 Å². The van der Waals surface area contributed by atoms with E-state index in [-0.39, 0.29) is 5.91 Å². The molecule has 0 aliphatic heterocycles. The maximum absolute atomic E-state index is 12.5. The Kier molecular flexibility index (Phi) is 4.44. The van der Waals surface area contributed by atoms with Crippen molar-refractivity contribution in [3.63, 3.8) is 0 Å². The summed E-state index contributed by atoms with van der Waals surface area (Å²) in [7, 11) is 1.94. The molecule has 0 atom stereocenters. The lowest BCUT2D eigenvalue weighted by Gasteiger charge is -2.31. The van der Waals surface area contributed by atoms with Crippen LogP contribution < -0.4 is 0 Å². The zero-order valence-electron chi connectivity index (χ0n) is 11.1. The molecule has 3 heteroatoms. The summed E-state index contributed by atoms with van der Waals surface area (Å²) in [6.45, 7) is 2.03. The number of rotatable bonds is 2. The SMILES string of the molecule is Cc1ccc(C(=O)N(C)C2CCCCC2)c(Br)c1. The third-order valence-corrected chi connectivity index (χ3v) is 4.45.